The fourth-order valence-electron chi connectivity index (χ4n) is 4.50. The highest BCUT2D eigenvalue weighted by Gasteiger charge is 2.42. The number of aryl methyl sites for hydroxylation is 2. The van der Waals surface area contributed by atoms with Crippen LogP contribution in [-0.4, -0.2) is 55.7 Å². The number of amides is 2. The van der Waals surface area contributed by atoms with Gasteiger partial charge in [0.05, 0.1) is 33.8 Å². The summed E-state index contributed by atoms with van der Waals surface area (Å²) in [4.78, 5) is 33.5. The average molecular weight is 482 g/mol. The summed E-state index contributed by atoms with van der Waals surface area (Å²) >= 11 is 1.60. The average Bonchev–Trinajstić information content (AvgIpc) is 3.52. The van der Waals surface area contributed by atoms with Gasteiger partial charge in [0.25, 0.3) is 0 Å². The maximum absolute atomic E-state index is 13.5. The number of carbonyl (C=O) groups excluding carboxylic acids is 2. The number of thiazole rings is 1. The van der Waals surface area contributed by atoms with Gasteiger partial charge in [-0.25, -0.2) is 4.98 Å². The Balaban J connectivity index is 1.43. The summed E-state index contributed by atoms with van der Waals surface area (Å²) in [6, 6.07) is 9.17. The molecule has 0 spiro atoms. The molecule has 1 unspecified atom stereocenters. The SMILES string of the molecule is Cc1cc(C(C(=O)N2C[C@H](O)C[C@H]2C(=O)NCc2ccc(-c3scnc3C)cc2)C(C)C)n[nH]1. The smallest absolute Gasteiger partial charge is 0.243 e. The van der Waals surface area contributed by atoms with Crippen LogP contribution in [0.4, 0.5) is 0 Å². The predicted octanol–water partition coefficient (Wildman–Crippen LogP) is 3.17. The standard InChI is InChI=1S/C25H31N5O3S/c1-14(2)22(20-9-15(3)28-29-20)25(33)30-12-19(31)10-21(30)24(32)26-11-17-5-7-18(8-6-17)23-16(4)27-13-34-23/h5-9,13-14,19,21-22,31H,10-12H2,1-4H3,(H,26,32)(H,28,29)/t19-,21+,22?/m1/s1. The Bertz CT molecular complexity index is 1150. The quantitative estimate of drug-likeness (QED) is 0.480. The number of rotatable bonds is 7. The molecule has 4 rings (SSSR count). The number of likely N-dealkylation sites (tertiary alicyclic amines) is 1. The molecule has 3 atom stereocenters. The summed E-state index contributed by atoms with van der Waals surface area (Å²) in [5, 5.41) is 20.4. The number of carbonyl (C=O) groups is 2. The highest BCUT2D eigenvalue weighted by atomic mass is 32.1. The number of benzene rings is 1. The molecule has 3 heterocycles. The first kappa shape index (κ1) is 24.1. The largest absolute Gasteiger partial charge is 0.391 e. The van der Waals surface area contributed by atoms with Crippen LogP contribution in [0, 0.1) is 19.8 Å². The molecule has 1 aliphatic heterocycles. The lowest BCUT2D eigenvalue weighted by atomic mass is 9.90. The first-order valence-corrected chi connectivity index (χ1v) is 12.4. The maximum Gasteiger partial charge on any atom is 0.243 e. The summed E-state index contributed by atoms with van der Waals surface area (Å²) in [7, 11) is 0. The number of nitrogens with one attached hydrogen (secondary N) is 2. The number of hydrogen-bond acceptors (Lipinski definition) is 6. The molecule has 3 N–H and O–H groups in total. The number of nitrogens with zero attached hydrogens (tertiary/aromatic N) is 3. The summed E-state index contributed by atoms with van der Waals surface area (Å²) < 4.78 is 0. The molecule has 3 aromatic rings. The topological polar surface area (TPSA) is 111 Å². The van der Waals surface area contributed by atoms with Gasteiger partial charge in [0.1, 0.15) is 6.04 Å². The van der Waals surface area contributed by atoms with Crippen LogP contribution < -0.4 is 5.32 Å². The van der Waals surface area contributed by atoms with Crippen LogP contribution in [0.15, 0.2) is 35.8 Å². The Morgan fingerprint density at radius 1 is 1.26 bits per heavy atom. The highest BCUT2D eigenvalue weighted by molar-refractivity contribution is 7.13. The van der Waals surface area contributed by atoms with Crippen molar-refractivity contribution in [1.82, 2.24) is 25.4 Å². The first-order valence-electron chi connectivity index (χ1n) is 11.5. The van der Waals surface area contributed by atoms with Crippen molar-refractivity contribution in [2.24, 2.45) is 5.92 Å². The van der Waals surface area contributed by atoms with Gasteiger partial charge < -0.3 is 15.3 Å². The molecule has 1 aromatic carbocycles. The Hall–Kier alpha value is -3.04. The van der Waals surface area contributed by atoms with Crippen LogP contribution in [-0.2, 0) is 16.1 Å². The number of aromatic amines is 1. The molecule has 180 valence electrons. The zero-order valence-corrected chi connectivity index (χ0v) is 20.7. The van der Waals surface area contributed by atoms with Crippen molar-refractivity contribution in [2.75, 3.05) is 6.54 Å². The van der Waals surface area contributed by atoms with Crippen LogP contribution in [0.2, 0.25) is 0 Å². The van der Waals surface area contributed by atoms with E-state index in [1.54, 1.807) is 11.3 Å². The Morgan fingerprint density at radius 2 is 2.00 bits per heavy atom. The van der Waals surface area contributed by atoms with E-state index in [1.807, 2.05) is 63.5 Å². The first-order chi connectivity index (χ1) is 16.2. The molecule has 0 aliphatic carbocycles. The van der Waals surface area contributed by atoms with Gasteiger partial charge >= 0.3 is 0 Å². The zero-order chi connectivity index (χ0) is 24.4. The minimum Gasteiger partial charge on any atom is -0.391 e. The number of H-pyrrole nitrogens is 1. The molecule has 0 saturated carbocycles. The summed E-state index contributed by atoms with van der Waals surface area (Å²) in [5.41, 5.74) is 6.43. The van der Waals surface area contributed by atoms with Gasteiger partial charge in [-0.2, -0.15) is 5.10 Å². The van der Waals surface area contributed by atoms with Gasteiger partial charge in [-0.15, -0.1) is 11.3 Å². The number of aromatic nitrogens is 3. The maximum atomic E-state index is 13.5. The molecular weight excluding hydrogens is 450 g/mol. The van der Waals surface area contributed by atoms with Gasteiger partial charge in [-0.3, -0.25) is 14.7 Å². The second kappa shape index (κ2) is 10.1. The lowest BCUT2D eigenvalue weighted by molar-refractivity contribution is -0.140. The minimum absolute atomic E-state index is 0.00245. The van der Waals surface area contributed by atoms with Gasteiger partial charge in [0.15, 0.2) is 0 Å². The number of aliphatic hydroxyl groups excluding tert-OH is 1. The van der Waals surface area contributed by atoms with E-state index in [-0.39, 0.29) is 30.7 Å². The van der Waals surface area contributed by atoms with E-state index in [4.69, 9.17) is 0 Å². The van der Waals surface area contributed by atoms with Crippen LogP contribution in [0.25, 0.3) is 10.4 Å². The molecular formula is C25H31N5O3S. The molecule has 1 fully saturated rings. The summed E-state index contributed by atoms with van der Waals surface area (Å²) in [6.45, 7) is 8.30. The molecule has 8 nitrogen and oxygen atoms in total. The van der Waals surface area contributed by atoms with Crippen LogP contribution in [0.3, 0.4) is 0 Å². The minimum atomic E-state index is -0.727. The third kappa shape index (κ3) is 5.05. The van der Waals surface area contributed by atoms with Crippen molar-refractivity contribution < 1.29 is 14.7 Å². The normalized spacial score (nSPS) is 18.9. The van der Waals surface area contributed by atoms with Crippen molar-refractivity contribution >= 4 is 23.2 Å². The molecule has 0 bridgehead atoms. The fraction of sp³-hybridized carbons (Fsp3) is 0.440. The fourth-order valence-corrected chi connectivity index (χ4v) is 5.31. The molecule has 1 saturated heterocycles. The Morgan fingerprint density at radius 3 is 2.59 bits per heavy atom. The third-order valence-electron chi connectivity index (χ3n) is 6.27. The van der Waals surface area contributed by atoms with Crippen molar-refractivity contribution in [1.29, 1.82) is 0 Å². The Kier molecular flexibility index (Phi) is 7.13. The monoisotopic (exact) mass is 481 g/mol. The molecule has 34 heavy (non-hydrogen) atoms. The van der Waals surface area contributed by atoms with Crippen molar-refractivity contribution in [3.05, 3.63) is 58.5 Å². The third-order valence-corrected chi connectivity index (χ3v) is 7.25. The molecule has 2 aromatic heterocycles. The van der Waals surface area contributed by atoms with Gasteiger partial charge in [-0.05, 0) is 37.0 Å². The van der Waals surface area contributed by atoms with Gasteiger partial charge in [0.2, 0.25) is 11.8 Å². The summed E-state index contributed by atoms with van der Waals surface area (Å²) in [6.07, 6.45) is -0.499. The van der Waals surface area contributed by atoms with Crippen molar-refractivity contribution in [2.45, 2.75) is 58.7 Å². The van der Waals surface area contributed by atoms with Gasteiger partial charge in [-0.1, -0.05) is 38.1 Å². The van der Waals surface area contributed by atoms with E-state index >= 15 is 0 Å². The molecule has 9 heteroatoms. The predicted molar refractivity (Wildman–Crippen MR) is 131 cm³/mol. The second-order valence-electron chi connectivity index (χ2n) is 9.28. The number of β-amino-alcohol motifs (C(OH)–C–C–N with tert-alkyl or cyclic N) is 1. The van der Waals surface area contributed by atoms with E-state index in [1.165, 1.54) is 4.90 Å². The number of hydrogen-bond donors (Lipinski definition) is 3. The van der Waals surface area contributed by atoms with E-state index in [0.29, 0.717) is 12.2 Å². The van der Waals surface area contributed by atoms with E-state index in [2.05, 4.69) is 20.5 Å². The Labute approximate surface area is 203 Å². The molecule has 2 amide bonds. The van der Waals surface area contributed by atoms with Crippen molar-refractivity contribution in [3.63, 3.8) is 0 Å². The van der Waals surface area contributed by atoms with E-state index in [0.717, 1.165) is 27.4 Å². The second-order valence-corrected chi connectivity index (χ2v) is 10.1. The lowest BCUT2D eigenvalue weighted by Crippen LogP contribution is -2.48. The van der Waals surface area contributed by atoms with Crippen LogP contribution in [0.1, 0.15) is 48.8 Å². The zero-order valence-electron chi connectivity index (χ0n) is 19.9. The summed E-state index contributed by atoms with van der Waals surface area (Å²) in [5.74, 6) is -0.916. The highest BCUT2D eigenvalue weighted by Crippen LogP contribution is 2.30. The number of aliphatic hydroxyl groups is 1. The van der Waals surface area contributed by atoms with E-state index < -0.39 is 18.1 Å². The van der Waals surface area contributed by atoms with E-state index in [9.17, 15) is 14.7 Å². The van der Waals surface area contributed by atoms with Crippen LogP contribution in [0.5, 0.6) is 0 Å². The van der Waals surface area contributed by atoms with Crippen molar-refractivity contribution in [3.8, 4) is 10.4 Å². The van der Waals surface area contributed by atoms with Gasteiger partial charge in [0, 0.05) is 25.2 Å². The van der Waals surface area contributed by atoms with Crippen LogP contribution >= 0.6 is 11.3 Å². The molecule has 0 radical (unpaired) electrons. The molecule has 1 aliphatic rings. The lowest BCUT2D eigenvalue weighted by Gasteiger charge is -2.29.